The standard InChI is InChI=1S/C9H10N2S2/c10-6-1-3-12-8(6)5-9-7(11)2-4-13-9/h1-4H,5,10-11H2. The van der Waals surface area contributed by atoms with Crippen LogP contribution in [-0.4, -0.2) is 0 Å². The highest BCUT2D eigenvalue weighted by molar-refractivity contribution is 7.12. The maximum atomic E-state index is 5.78. The van der Waals surface area contributed by atoms with Crippen molar-refractivity contribution in [2.75, 3.05) is 11.5 Å². The lowest BCUT2D eigenvalue weighted by Gasteiger charge is -1.98. The van der Waals surface area contributed by atoms with Crippen LogP contribution >= 0.6 is 22.7 Å². The molecule has 0 aliphatic heterocycles. The van der Waals surface area contributed by atoms with Crippen LogP contribution in [0.1, 0.15) is 9.75 Å². The van der Waals surface area contributed by atoms with Gasteiger partial charge in [-0.25, -0.2) is 0 Å². The Hall–Kier alpha value is -1.00. The Morgan fingerprint density at radius 3 is 1.69 bits per heavy atom. The number of rotatable bonds is 2. The Bertz CT molecular complexity index is 365. The molecule has 2 aromatic heterocycles. The lowest BCUT2D eigenvalue weighted by atomic mass is 10.2. The maximum absolute atomic E-state index is 5.78. The van der Waals surface area contributed by atoms with Gasteiger partial charge in [0.15, 0.2) is 0 Å². The topological polar surface area (TPSA) is 52.0 Å². The molecular formula is C9H10N2S2. The summed E-state index contributed by atoms with van der Waals surface area (Å²) in [5.41, 5.74) is 13.3. The molecule has 4 heteroatoms. The largest absolute Gasteiger partial charge is 0.398 e. The summed E-state index contributed by atoms with van der Waals surface area (Å²) in [5, 5.41) is 4.02. The van der Waals surface area contributed by atoms with Gasteiger partial charge >= 0.3 is 0 Å². The summed E-state index contributed by atoms with van der Waals surface area (Å²) in [6, 6.07) is 3.87. The molecule has 0 unspecified atom stereocenters. The highest BCUT2D eigenvalue weighted by atomic mass is 32.1. The summed E-state index contributed by atoms with van der Waals surface area (Å²) >= 11 is 3.37. The molecule has 0 atom stereocenters. The molecule has 4 N–H and O–H groups in total. The zero-order chi connectivity index (χ0) is 9.26. The van der Waals surface area contributed by atoms with E-state index in [0.29, 0.717) is 0 Å². The summed E-state index contributed by atoms with van der Waals surface area (Å²) < 4.78 is 0. The summed E-state index contributed by atoms with van der Waals surface area (Å²) in [7, 11) is 0. The van der Waals surface area contributed by atoms with Crippen molar-refractivity contribution in [2.45, 2.75) is 6.42 Å². The van der Waals surface area contributed by atoms with Crippen LogP contribution in [0.25, 0.3) is 0 Å². The molecule has 0 aliphatic carbocycles. The SMILES string of the molecule is Nc1ccsc1Cc1sccc1N. The third kappa shape index (κ3) is 1.68. The quantitative estimate of drug-likeness (QED) is 0.800. The number of hydrogen-bond donors (Lipinski definition) is 2. The van der Waals surface area contributed by atoms with E-state index in [1.807, 2.05) is 22.9 Å². The van der Waals surface area contributed by atoms with Crippen LogP contribution in [0.3, 0.4) is 0 Å². The second-order valence-corrected chi connectivity index (χ2v) is 4.78. The van der Waals surface area contributed by atoms with Crippen LogP contribution in [0.4, 0.5) is 11.4 Å². The van der Waals surface area contributed by atoms with Gasteiger partial charge < -0.3 is 11.5 Å². The highest BCUT2D eigenvalue weighted by Crippen LogP contribution is 2.27. The zero-order valence-corrected chi connectivity index (χ0v) is 8.62. The van der Waals surface area contributed by atoms with Gasteiger partial charge in [-0.2, -0.15) is 0 Å². The van der Waals surface area contributed by atoms with Crippen molar-refractivity contribution in [3.8, 4) is 0 Å². The molecule has 0 saturated heterocycles. The van der Waals surface area contributed by atoms with Gasteiger partial charge in [-0.15, -0.1) is 22.7 Å². The van der Waals surface area contributed by atoms with Gasteiger partial charge in [-0.3, -0.25) is 0 Å². The molecule has 2 heterocycles. The highest BCUT2D eigenvalue weighted by Gasteiger charge is 2.05. The number of hydrogen-bond acceptors (Lipinski definition) is 4. The van der Waals surface area contributed by atoms with Crippen molar-refractivity contribution in [3.05, 3.63) is 32.6 Å². The van der Waals surface area contributed by atoms with Crippen molar-refractivity contribution in [2.24, 2.45) is 0 Å². The van der Waals surface area contributed by atoms with E-state index in [4.69, 9.17) is 11.5 Å². The van der Waals surface area contributed by atoms with Gasteiger partial charge in [-0.05, 0) is 22.9 Å². The Kier molecular flexibility index (Phi) is 2.24. The first-order valence-corrected chi connectivity index (χ1v) is 5.67. The van der Waals surface area contributed by atoms with Gasteiger partial charge in [0.2, 0.25) is 0 Å². The monoisotopic (exact) mass is 210 g/mol. The van der Waals surface area contributed by atoms with Crippen molar-refractivity contribution < 1.29 is 0 Å². The minimum absolute atomic E-state index is 0.868. The van der Waals surface area contributed by atoms with Crippen molar-refractivity contribution >= 4 is 34.0 Å². The van der Waals surface area contributed by atoms with Crippen molar-refractivity contribution in [1.29, 1.82) is 0 Å². The molecule has 0 aromatic carbocycles. The molecule has 2 nitrogen and oxygen atoms in total. The number of anilines is 2. The molecule has 2 aromatic rings. The third-order valence-electron chi connectivity index (χ3n) is 1.88. The predicted molar refractivity (Wildman–Crippen MR) is 60.3 cm³/mol. The predicted octanol–water partition coefficient (Wildman–Crippen LogP) is 2.56. The van der Waals surface area contributed by atoms with Crippen molar-refractivity contribution in [1.82, 2.24) is 0 Å². The van der Waals surface area contributed by atoms with Crippen LogP contribution in [-0.2, 0) is 6.42 Å². The van der Waals surface area contributed by atoms with E-state index in [0.717, 1.165) is 17.8 Å². The summed E-state index contributed by atoms with van der Waals surface area (Å²) in [4.78, 5) is 2.41. The first-order valence-electron chi connectivity index (χ1n) is 3.91. The molecule has 0 saturated carbocycles. The van der Waals surface area contributed by atoms with Gasteiger partial charge in [-0.1, -0.05) is 0 Å². The fourth-order valence-electron chi connectivity index (χ4n) is 1.13. The minimum atomic E-state index is 0.868. The second-order valence-electron chi connectivity index (χ2n) is 2.78. The Morgan fingerprint density at radius 2 is 1.38 bits per heavy atom. The molecule has 0 amide bonds. The molecule has 0 radical (unpaired) electrons. The van der Waals surface area contributed by atoms with E-state index < -0.39 is 0 Å². The smallest absolute Gasteiger partial charge is 0.0459 e. The minimum Gasteiger partial charge on any atom is -0.398 e. The van der Waals surface area contributed by atoms with Crippen LogP contribution < -0.4 is 11.5 Å². The molecule has 0 bridgehead atoms. The molecular weight excluding hydrogens is 200 g/mol. The molecule has 0 spiro atoms. The van der Waals surface area contributed by atoms with Crippen LogP contribution in [0.5, 0.6) is 0 Å². The fourth-order valence-corrected chi connectivity index (χ4v) is 2.85. The van der Waals surface area contributed by atoms with Gasteiger partial charge in [0, 0.05) is 27.5 Å². The van der Waals surface area contributed by atoms with Gasteiger partial charge in [0.1, 0.15) is 0 Å². The van der Waals surface area contributed by atoms with E-state index in [2.05, 4.69) is 0 Å². The van der Waals surface area contributed by atoms with Crippen molar-refractivity contribution in [3.63, 3.8) is 0 Å². The van der Waals surface area contributed by atoms with E-state index in [1.54, 1.807) is 22.7 Å². The second kappa shape index (κ2) is 3.40. The van der Waals surface area contributed by atoms with E-state index in [-0.39, 0.29) is 0 Å². The first-order chi connectivity index (χ1) is 6.27. The lowest BCUT2D eigenvalue weighted by Crippen LogP contribution is -1.91. The molecule has 13 heavy (non-hydrogen) atoms. The van der Waals surface area contributed by atoms with Crippen LogP contribution in [0.2, 0.25) is 0 Å². The van der Waals surface area contributed by atoms with Crippen LogP contribution in [0.15, 0.2) is 22.9 Å². The summed E-state index contributed by atoms with van der Waals surface area (Å²) in [5.74, 6) is 0. The van der Waals surface area contributed by atoms with E-state index in [9.17, 15) is 0 Å². The number of nitrogens with two attached hydrogens (primary N) is 2. The van der Waals surface area contributed by atoms with Gasteiger partial charge in [0.25, 0.3) is 0 Å². The Morgan fingerprint density at radius 1 is 0.923 bits per heavy atom. The fraction of sp³-hybridized carbons (Fsp3) is 0.111. The van der Waals surface area contributed by atoms with Gasteiger partial charge in [0.05, 0.1) is 0 Å². The zero-order valence-electron chi connectivity index (χ0n) is 6.99. The summed E-state index contributed by atoms with van der Waals surface area (Å²) in [6.45, 7) is 0. The molecule has 0 fully saturated rings. The average Bonchev–Trinajstić information content (AvgIpc) is 2.65. The molecule has 68 valence electrons. The first kappa shape index (κ1) is 8.59. The molecule has 2 rings (SSSR count). The summed E-state index contributed by atoms with van der Waals surface area (Å²) in [6.07, 6.45) is 0.868. The maximum Gasteiger partial charge on any atom is 0.0459 e. The lowest BCUT2D eigenvalue weighted by molar-refractivity contribution is 1.31. The Labute approximate surface area is 84.8 Å². The average molecular weight is 210 g/mol. The van der Waals surface area contributed by atoms with Crippen LogP contribution in [0, 0.1) is 0 Å². The number of thiophene rings is 2. The normalized spacial score (nSPS) is 10.5. The van der Waals surface area contributed by atoms with E-state index >= 15 is 0 Å². The number of nitrogen functional groups attached to an aromatic ring is 2. The van der Waals surface area contributed by atoms with E-state index in [1.165, 1.54) is 9.75 Å². The molecule has 0 aliphatic rings. The third-order valence-corrected chi connectivity index (χ3v) is 3.75. The Balaban J connectivity index is 2.24.